The molecule has 2 fully saturated rings. The van der Waals surface area contributed by atoms with E-state index in [1.165, 1.54) is 25.0 Å². The summed E-state index contributed by atoms with van der Waals surface area (Å²) in [6, 6.07) is 5.53. The van der Waals surface area contributed by atoms with Crippen molar-refractivity contribution >= 4 is 21.8 Å². The first-order chi connectivity index (χ1) is 10.0. The number of halogens is 2. The van der Waals surface area contributed by atoms with Crippen LogP contribution >= 0.6 is 15.9 Å². The zero-order valence-electron chi connectivity index (χ0n) is 12.1. The van der Waals surface area contributed by atoms with Crippen molar-refractivity contribution in [3.05, 3.63) is 34.1 Å². The Bertz CT molecular complexity index is 537. The van der Waals surface area contributed by atoms with Gasteiger partial charge in [-0.2, -0.15) is 0 Å². The average molecular weight is 355 g/mol. The Hall–Kier alpha value is -0.940. The third-order valence-corrected chi connectivity index (χ3v) is 5.61. The summed E-state index contributed by atoms with van der Waals surface area (Å²) in [5.74, 6) is -0.0525. The molecule has 1 N–H and O–H groups in total. The fourth-order valence-corrected chi connectivity index (χ4v) is 4.12. The molecule has 0 spiro atoms. The van der Waals surface area contributed by atoms with E-state index in [9.17, 15) is 9.18 Å². The van der Waals surface area contributed by atoms with E-state index in [0.717, 1.165) is 12.8 Å². The Labute approximate surface area is 133 Å². The fraction of sp³-hybridized carbons (Fsp3) is 0.562. The first-order valence-corrected chi connectivity index (χ1v) is 8.29. The molecular weight excluding hydrogens is 335 g/mol. The Kier molecular flexibility index (Phi) is 4.31. The molecule has 2 saturated heterocycles. The van der Waals surface area contributed by atoms with Crippen LogP contribution < -0.4 is 5.32 Å². The molecule has 1 aromatic rings. The van der Waals surface area contributed by atoms with Gasteiger partial charge in [0.25, 0.3) is 5.91 Å². The predicted octanol–water partition coefficient (Wildman–Crippen LogP) is 3.19. The van der Waals surface area contributed by atoms with Gasteiger partial charge in [-0.3, -0.25) is 4.79 Å². The van der Waals surface area contributed by atoms with E-state index in [2.05, 4.69) is 33.2 Å². The van der Waals surface area contributed by atoms with Gasteiger partial charge in [0, 0.05) is 23.1 Å². The molecule has 114 valence electrons. The van der Waals surface area contributed by atoms with Gasteiger partial charge in [-0.05, 0) is 72.8 Å². The van der Waals surface area contributed by atoms with E-state index in [1.54, 1.807) is 6.07 Å². The molecule has 2 aliphatic rings. The highest BCUT2D eigenvalue weighted by atomic mass is 79.9. The van der Waals surface area contributed by atoms with Gasteiger partial charge >= 0.3 is 0 Å². The van der Waals surface area contributed by atoms with Gasteiger partial charge in [0.2, 0.25) is 0 Å². The highest BCUT2D eigenvalue weighted by Gasteiger charge is 2.38. The second-order valence-corrected chi connectivity index (χ2v) is 7.08. The van der Waals surface area contributed by atoms with Crippen molar-refractivity contribution in [2.24, 2.45) is 5.92 Å². The molecule has 2 aliphatic heterocycles. The molecule has 3 rings (SSSR count). The number of hydrogen-bond donors (Lipinski definition) is 1. The smallest absolute Gasteiger partial charge is 0.252 e. The number of piperidine rings is 1. The van der Waals surface area contributed by atoms with E-state index in [0.29, 0.717) is 34.6 Å². The molecule has 2 unspecified atom stereocenters. The summed E-state index contributed by atoms with van der Waals surface area (Å²) in [6.07, 6.45) is 4.86. The fourth-order valence-electron chi connectivity index (χ4n) is 3.69. The van der Waals surface area contributed by atoms with Crippen LogP contribution in [0, 0.1) is 11.7 Å². The number of benzene rings is 1. The maximum Gasteiger partial charge on any atom is 0.252 e. The second-order valence-electron chi connectivity index (χ2n) is 6.22. The highest BCUT2D eigenvalue weighted by Crippen LogP contribution is 2.37. The first kappa shape index (κ1) is 15.0. The van der Waals surface area contributed by atoms with Gasteiger partial charge in [-0.15, -0.1) is 0 Å². The molecule has 5 heteroatoms. The van der Waals surface area contributed by atoms with E-state index in [4.69, 9.17) is 0 Å². The minimum absolute atomic E-state index is 0.201. The molecule has 3 nitrogen and oxygen atoms in total. The SMILES string of the molecule is CN1C2CCC1CC(CNC(=O)c1cc(F)ccc1Br)C2. The van der Waals surface area contributed by atoms with E-state index < -0.39 is 0 Å². The number of carbonyl (C=O) groups is 1. The lowest BCUT2D eigenvalue weighted by Gasteiger charge is -2.36. The average Bonchev–Trinajstić information content (AvgIpc) is 2.69. The van der Waals surface area contributed by atoms with Gasteiger partial charge in [0.1, 0.15) is 5.82 Å². The first-order valence-electron chi connectivity index (χ1n) is 7.50. The number of carbonyl (C=O) groups excluding carboxylic acids is 1. The Morgan fingerprint density at radius 1 is 1.38 bits per heavy atom. The largest absolute Gasteiger partial charge is 0.352 e. The minimum Gasteiger partial charge on any atom is -0.352 e. The second kappa shape index (κ2) is 6.05. The quantitative estimate of drug-likeness (QED) is 0.903. The van der Waals surface area contributed by atoms with Crippen molar-refractivity contribution < 1.29 is 9.18 Å². The van der Waals surface area contributed by atoms with Crippen molar-refractivity contribution in [2.45, 2.75) is 37.8 Å². The van der Waals surface area contributed by atoms with Crippen molar-refractivity contribution in [1.82, 2.24) is 10.2 Å². The highest BCUT2D eigenvalue weighted by molar-refractivity contribution is 9.10. The van der Waals surface area contributed by atoms with Crippen LogP contribution in [-0.2, 0) is 0 Å². The Morgan fingerprint density at radius 3 is 2.71 bits per heavy atom. The summed E-state index contributed by atoms with van der Waals surface area (Å²) in [5.41, 5.74) is 0.367. The molecule has 0 saturated carbocycles. The molecule has 0 aliphatic carbocycles. The zero-order chi connectivity index (χ0) is 15.0. The molecule has 2 atom stereocenters. The number of fused-ring (bicyclic) bond motifs is 2. The molecule has 0 radical (unpaired) electrons. The van der Waals surface area contributed by atoms with Crippen molar-refractivity contribution in [2.75, 3.05) is 13.6 Å². The van der Waals surface area contributed by atoms with Gasteiger partial charge in [0.15, 0.2) is 0 Å². The lowest BCUT2D eigenvalue weighted by Crippen LogP contribution is -2.43. The van der Waals surface area contributed by atoms with Crippen LogP contribution in [0.4, 0.5) is 4.39 Å². The monoisotopic (exact) mass is 354 g/mol. The van der Waals surface area contributed by atoms with Crippen LogP contribution in [0.25, 0.3) is 0 Å². The van der Waals surface area contributed by atoms with Crippen LogP contribution in [0.3, 0.4) is 0 Å². The van der Waals surface area contributed by atoms with Crippen LogP contribution in [0.15, 0.2) is 22.7 Å². The van der Waals surface area contributed by atoms with Crippen LogP contribution in [0.1, 0.15) is 36.0 Å². The third-order valence-electron chi connectivity index (χ3n) is 4.92. The molecule has 2 bridgehead atoms. The van der Waals surface area contributed by atoms with E-state index in [-0.39, 0.29) is 11.7 Å². The predicted molar refractivity (Wildman–Crippen MR) is 83.7 cm³/mol. The number of hydrogen-bond acceptors (Lipinski definition) is 2. The van der Waals surface area contributed by atoms with Crippen molar-refractivity contribution in [1.29, 1.82) is 0 Å². The number of nitrogens with one attached hydrogen (secondary N) is 1. The van der Waals surface area contributed by atoms with Crippen LogP contribution in [-0.4, -0.2) is 36.5 Å². The molecule has 2 heterocycles. The van der Waals surface area contributed by atoms with Gasteiger partial charge in [-0.1, -0.05) is 0 Å². The summed E-state index contributed by atoms with van der Waals surface area (Å²) >= 11 is 3.30. The van der Waals surface area contributed by atoms with Gasteiger partial charge < -0.3 is 10.2 Å². The Morgan fingerprint density at radius 2 is 2.05 bits per heavy atom. The number of rotatable bonds is 3. The van der Waals surface area contributed by atoms with Crippen molar-refractivity contribution in [3.8, 4) is 0 Å². The molecule has 21 heavy (non-hydrogen) atoms. The normalized spacial score (nSPS) is 28.6. The number of nitrogens with zero attached hydrogens (tertiary/aromatic N) is 1. The van der Waals surface area contributed by atoms with E-state index >= 15 is 0 Å². The molecule has 1 aromatic carbocycles. The van der Waals surface area contributed by atoms with Gasteiger partial charge in [-0.25, -0.2) is 4.39 Å². The summed E-state index contributed by atoms with van der Waals surface area (Å²) in [5, 5.41) is 2.97. The van der Waals surface area contributed by atoms with Crippen LogP contribution in [0.2, 0.25) is 0 Å². The lowest BCUT2D eigenvalue weighted by atomic mass is 9.91. The third kappa shape index (κ3) is 3.14. The summed E-state index contributed by atoms with van der Waals surface area (Å²) < 4.78 is 13.9. The zero-order valence-corrected chi connectivity index (χ0v) is 13.7. The van der Waals surface area contributed by atoms with Crippen LogP contribution in [0.5, 0.6) is 0 Å². The maximum absolute atomic E-state index is 13.2. The standard InChI is InChI=1S/C16H20BrFN2O/c1-20-12-3-4-13(20)7-10(6-12)9-19-16(21)14-8-11(18)2-5-15(14)17/h2,5,8,10,12-13H,3-4,6-7,9H2,1H3,(H,19,21). The Balaban J connectivity index is 1.58. The summed E-state index contributed by atoms with van der Waals surface area (Å²) in [7, 11) is 2.21. The van der Waals surface area contributed by atoms with Crippen molar-refractivity contribution in [3.63, 3.8) is 0 Å². The summed E-state index contributed by atoms with van der Waals surface area (Å²) in [6.45, 7) is 0.683. The lowest BCUT2D eigenvalue weighted by molar-refractivity contribution is 0.0916. The molecule has 0 aromatic heterocycles. The van der Waals surface area contributed by atoms with E-state index in [1.807, 2.05) is 0 Å². The summed E-state index contributed by atoms with van der Waals surface area (Å²) in [4.78, 5) is 14.7. The molecule has 1 amide bonds. The topological polar surface area (TPSA) is 32.3 Å². The minimum atomic E-state index is -0.388. The van der Waals surface area contributed by atoms with Gasteiger partial charge in [0.05, 0.1) is 5.56 Å². The maximum atomic E-state index is 13.2. The molecular formula is C16H20BrFN2O. The number of amides is 1.